The molecule has 0 heterocycles. The van der Waals surface area contributed by atoms with Crippen molar-refractivity contribution in [1.82, 2.24) is 0 Å². The van der Waals surface area contributed by atoms with E-state index >= 15 is 0 Å². The average Bonchev–Trinajstić information content (AvgIpc) is 2.71. The number of carbonyl (C=O) groups is 1. The summed E-state index contributed by atoms with van der Waals surface area (Å²) in [6.45, 7) is 3.25. The first-order chi connectivity index (χ1) is 14.6. The molecular weight excluding hydrogens is 442 g/mol. The minimum absolute atomic E-state index is 0.0102. The average molecular weight is 460 g/mol. The zero-order chi connectivity index (χ0) is 22.8. The highest BCUT2D eigenvalue weighted by atomic mass is 35.5. The third kappa shape index (κ3) is 5.01. The first-order valence-corrected chi connectivity index (χ1v) is 10.9. The highest BCUT2D eigenvalue weighted by Crippen LogP contribution is 2.26. The van der Waals surface area contributed by atoms with Gasteiger partial charge >= 0.3 is 0 Å². The summed E-state index contributed by atoms with van der Waals surface area (Å²) >= 11 is 6.03. The molecule has 3 aromatic rings. The Morgan fingerprint density at radius 3 is 2.32 bits per heavy atom. The molecular formula is C21H18ClN3O5S. The lowest BCUT2D eigenvalue weighted by molar-refractivity contribution is -0.385. The van der Waals surface area contributed by atoms with Crippen LogP contribution in [0.2, 0.25) is 5.02 Å². The summed E-state index contributed by atoms with van der Waals surface area (Å²) in [5, 5.41) is 14.0. The molecule has 3 aromatic carbocycles. The SMILES string of the molecule is Cc1cc(C(=O)Nc2ccc(S(=O)(=O)Nc3cccc(Cl)c3C)cc2)ccc1[N+](=O)[O-]. The summed E-state index contributed by atoms with van der Waals surface area (Å²) in [5.74, 6) is -0.471. The molecule has 0 aromatic heterocycles. The van der Waals surface area contributed by atoms with Crippen molar-refractivity contribution < 1.29 is 18.1 Å². The van der Waals surface area contributed by atoms with Crippen molar-refractivity contribution in [3.63, 3.8) is 0 Å². The maximum absolute atomic E-state index is 12.6. The first-order valence-electron chi connectivity index (χ1n) is 9.03. The van der Waals surface area contributed by atoms with Gasteiger partial charge < -0.3 is 5.32 Å². The van der Waals surface area contributed by atoms with Crippen LogP contribution in [0.25, 0.3) is 0 Å². The van der Waals surface area contributed by atoms with Crippen molar-refractivity contribution in [2.75, 3.05) is 10.0 Å². The van der Waals surface area contributed by atoms with E-state index in [-0.39, 0.29) is 16.1 Å². The Balaban J connectivity index is 1.75. The van der Waals surface area contributed by atoms with Gasteiger partial charge in [-0.3, -0.25) is 19.6 Å². The fourth-order valence-electron chi connectivity index (χ4n) is 2.84. The number of nitro benzene ring substituents is 1. The molecule has 0 spiro atoms. The number of rotatable bonds is 6. The van der Waals surface area contributed by atoms with Crippen LogP contribution in [0.1, 0.15) is 21.5 Å². The molecule has 3 rings (SSSR count). The number of anilines is 2. The quantitative estimate of drug-likeness (QED) is 0.400. The monoisotopic (exact) mass is 459 g/mol. The number of hydrogen-bond donors (Lipinski definition) is 2. The van der Waals surface area contributed by atoms with Gasteiger partial charge in [0.05, 0.1) is 15.5 Å². The molecule has 0 saturated carbocycles. The van der Waals surface area contributed by atoms with Crippen LogP contribution in [-0.2, 0) is 10.0 Å². The fraction of sp³-hybridized carbons (Fsp3) is 0.0952. The lowest BCUT2D eigenvalue weighted by Crippen LogP contribution is -2.15. The van der Waals surface area contributed by atoms with E-state index in [9.17, 15) is 23.3 Å². The second-order valence-corrected chi connectivity index (χ2v) is 8.84. The summed E-state index contributed by atoms with van der Waals surface area (Å²) in [5.41, 5.74) is 1.89. The zero-order valence-corrected chi connectivity index (χ0v) is 18.1. The molecule has 0 radical (unpaired) electrons. The predicted octanol–water partition coefficient (Wildman–Crippen LogP) is 4.92. The number of halogens is 1. The van der Waals surface area contributed by atoms with E-state index in [1.807, 2.05) is 0 Å². The Morgan fingerprint density at radius 2 is 1.71 bits per heavy atom. The highest BCUT2D eigenvalue weighted by molar-refractivity contribution is 7.92. The Morgan fingerprint density at radius 1 is 1.03 bits per heavy atom. The van der Waals surface area contributed by atoms with Crippen molar-refractivity contribution in [1.29, 1.82) is 0 Å². The molecule has 160 valence electrons. The normalized spacial score (nSPS) is 11.1. The Kier molecular flexibility index (Phi) is 6.28. The molecule has 2 N–H and O–H groups in total. The number of aryl methyl sites for hydroxylation is 1. The van der Waals surface area contributed by atoms with Crippen molar-refractivity contribution in [2.45, 2.75) is 18.7 Å². The van der Waals surface area contributed by atoms with E-state index in [2.05, 4.69) is 10.0 Å². The molecule has 10 heteroatoms. The molecule has 0 aliphatic rings. The van der Waals surface area contributed by atoms with E-state index in [1.165, 1.54) is 42.5 Å². The Labute approximate surface area is 184 Å². The Bertz CT molecular complexity index is 1270. The molecule has 0 saturated heterocycles. The van der Waals surface area contributed by atoms with Crippen LogP contribution in [0.15, 0.2) is 65.6 Å². The predicted molar refractivity (Wildman–Crippen MR) is 119 cm³/mol. The second kappa shape index (κ2) is 8.75. The van der Waals surface area contributed by atoms with E-state index < -0.39 is 20.9 Å². The number of amides is 1. The van der Waals surface area contributed by atoms with Gasteiger partial charge in [-0.1, -0.05) is 17.7 Å². The first kappa shape index (κ1) is 22.3. The molecule has 0 aliphatic carbocycles. The smallest absolute Gasteiger partial charge is 0.272 e. The third-order valence-electron chi connectivity index (χ3n) is 4.59. The van der Waals surface area contributed by atoms with Gasteiger partial charge in [-0.15, -0.1) is 0 Å². The molecule has 0 unspecified atom stereocenters. The minimum atomic E-state index is -3.85. The lowest BCUT2D eigenvalue weighted by Gasteiger charge is -2.12. The summed E-state index contributed by atoms with van der Waals surface area (Å²) in [7, 11) is -3.85. The summed E-state index contributed by atoms with van der Waals surface area (Å²) in [4.78, 5) is 22.8. The van der Waals surface area contributed by atoms with Gasteiger partial charge in [-0.25, -0.2) is 8.42 Å². The largest absolute Gasteiger partial charge is 0.322 e. The van der Waals surface area contributed by atoms with Crippen LogP contribution in [0.5, 0.6) is 0 Å². The van der Waals surface area contributed by atoms with Gasteiger partial charge in [-0.2, -0.15) is 0 Å². The van der Waals surface area contributed by atoms with Crippen LogP contribution in [0, 0.1) is 24.0 Å². The third-order valence-corrected chi connectivity index (χ3v) is 6.38. The molecule has 31 heavy (non-hydrogen) atoms. The maximum Gasteiger partial charge on any atom is 0.272 e. The van der Waals surface area contributed by atoms with Gasteiger partial charge in [0.2, 0.25) is 0 Å². The number of nitrogens with one attached hydrogen (secondary N) is 2. The van der Waals surface area contributed by atoms with Gasteiger partial charge in [0.1, 0.15) is 0 Å². The molecule has 8 nitrogen and oxygen atoms in total. The van der Waals surface area contributed by atoms with Crippen LogP contribution < -0.4 is 10.0 Å². The number of nitrogens with zero attached hydrogens (tertiary/aromatic N) is 1. The van der Waals surface area contributed by atoms with Gasteiger partial charge in [0.15, 0.2) is 0 Å². The van der Waals surface area contributed by atoms with E-state index in [0.29, 0.717) is 27.5 Å². The summed E-state index contributed by atoms with van der Waals surface area (Å²) < 4.78 is 27.8. The summed E-state index contributed by atoms with van der Waals surface area (Å²) in [6.07, 6.45) is 0. The van der Waals surface area contributed by atoms with Gasteiger partial charge in [-0.05, 0) is 67.9 Å². The molecule has 0 atom stereocenters. The van der Waals surface area contributed by atoms with Crippen molar-refractivity contribution >= 4 is 44.6 Å². The number of sulfonamides is 1. The number of hydrogen-bond acceptors (Lipinski definition) is 5. The van der Waals surface area contributed by atoms with Crippen molar-refractivity contribution in [2.24, 2.45) is 0 Å². The van der Waals surface area contributed by atoms with Gasteiger partial charge in [0.25, 0.3) is 21.6 Å². The molecule has 0 aliphatic heterocycles. The van der Waals surface area contributed by atoms with Crippen LogP contribution in [-0.4, -0.2) is 19.2 Å². The number of benzene rings is 3. The van der Waals surface area contributed by atoms with E-state index in [0.717, 1.165) is 0 Å². The summed E-state index contributed by atoms with van der Waals surface area (Å²) in [6, 6.07) is 14.6. The van der Waals surface area contributed by atoms with Crippen molar-refractivity contribution in [3.05, 3.63) is 92.5 Å². The lowest BCUT2D eigenvalue weighted by atomic mass is 10.1. The number of nitro groups is 1. The number of carbonyl (C=O) groups excluding carboxylic acids is 1. The minimum Gasteiger partial charge on any atom is -0.322 e. The van der Waals surface area contributed by atoms with Gasteiger partial charge in [0, 0.05) is 27.9 Å². The molecule has 0 fully saturated rings. The highest BCUT2D eigenvalue weighted by Gasteiger charge is 2.17. The van der Waals surface area contributed by atoms with Crippen molar-refractivity contribution in [3.8, 4) is 0 Å². The molecule has 0 bridgehead atoms. The van der Waals surface area contributed by atoms with E-state index in [4.69, 9.17) is 11.6 Å². The van der Waals surface area contributed by atoms with Crippen LogP contribution >= 0.6 is 11.6 Å². The fourth-order valence-corrected chi connectivity index (χ4v) is 4.14. The van der Waals surface area contributed by atoms with Crippen LogP contribution in [0.3, 0.4) is 0 Å². The second-order valence-electron chi connectivity index (χ2n) is 6.75. The van der Waals surface area contributed by atoms with E-state index in [1.54, 1.807) is 32.0 Å². The topological polar surface area (TPSA) is 118 Å². The Hall–Kier alpha value is -3.43. The standard InChI is InChI=1S/C21H18ClN3O5S/c1-13-12-15(6-11-20(13)25(27)28)21(26)23-16-7-9-17(10-8-16)31(29,30)24-19-5-3-4-18(22)14(19)2/h3-12,24H,1-2H3,(H,23,26). The molecule has 1 amide bonds. The van der Waals surface area contributed by atoms with Crippen LogP contribution in [0.4, 0.5) is 17.1 Å². The zero-order valence-electron chi connectivity index (χ0n) is 16.5. The maximum atomic E-state index is 12.6.